The average Bonchev–Trinajstić information content (AvgIpc) is 3.12. The molecule has 2 aromatic carbocycles. The zero-order valence-corrected chi connectivity index (χ0v) is 31.2. The van der Waals surface area contributed by atoms with Crippen LogP contribution < -0.4 is 20.4 Å². The molecule has 2 aromatic heterocycles. The van der Waals surface area contributed by atoms with Crippen molar-refractivity contribution in [2.75, 3.05) is 0 Å². The van der Waals surface area contributed by atoms with E-state index in [2.05, 4.69) is 34.2 Å². The van der Waals surface area contributed by atoms with Crippen molar-refractivity contribution in [3.8, 4) is 11.5 Å². The predicted molar refractivity (Wildman–Crippen MR) is 187 cm³/mol. The second kappa shape index (κ2) is 16.8. The first kappa shape index (κ1) is 37.7. The Morgan fingerprint density at radius 2 is 0.745 bits per heavy atom. The summed E-state index contributed by atoms with van der Waals surface area (Å²) in [6.07, 6.45) is 20.5. The number of pyridine rings is 2. The molecule has 264 valence electrons. The summed E-state index contributed by atoms with van der Waals surface area (Å²) in [5.74, 6) is 6.18. The van der Waals surface area contributed by atoms with Gasteiger partial charge in [-0.15, -0.1) is 11.5 Å². The maximum atomic E-state index is 11.2. The fourth-order valence-electron chi connectivity index (χ4n) is 11.5. The SMILES string of the molecule is [O-]Cc1ccccn1.[O-]Cc1ccccn1.[O-]c1ccc(C23CC4CC(CC(C4)C2)C3)cc1.[O-]c1ccc(C23CC4CC(CC(C4)C2)C3)cc1.[Ti+4]. The van der Waals surface area contributed by atoms with Gasteiger partial charge in [-0.05, 0) is 159 Å². The first-order valence-corrected chi connectivity index (χ1v) is 18.8. The fraction of sp³-hybridized carbons (Fsp3) is 0.500. The minimum atomic E-state index is -0.221. The van der Waals surface area contributed by atoms with Crippen LogP contribution in [0, 0.1) is 35.5 Å². The summed E-state index contributed by atoms with van der Waals surface area (Å²) in [6, 6.07) is 26.1. The predicted octanol–water partition coefficient (Wildman–Crippen LogP) is 6.34. The van der Waals surface area contributed by atoms with Crippen LogP contribution >= 0.6 is 0 Å². The Kier molecular flexibility index (Phi) is 12.4. The summed E-state index contributed by atoms with van der Waals surface area (Å²) in [6.45, 7) is -0.443. The van der Waals surface area contributed by atoms with E-state index < -0.39 is 0 Å². The summed E-state index contributed by atoms with van der Waals surface area (Å²) >= 11 is 0. The van der Waals surface area contributed by atoms with Gasteiger partial charge in [0.2, 0.25) is 0 Å². The smallest absolute Gasteiger partial charge is 0.872 e. The van der Waals surface area contributed by atoms with Crippen LogP contribution in [0.5, 0.6) is 11.5 Å². The van der Waals surface area contributed by atoms with Crippen molar-refractivity contribution in [3.63, 3.8) is 0 Å². The molecule has 0 saturated heterocycles. The third-order valence-electron chi connectivity index (χ3n) is 12.8. The van der Waals surface area contributed by atoms with Crippen molar-refractivity contribution in [2.24, 2.45) is 35.5 Å². The average molecular weight is 719 g/mol. The largest absolute Gasteiger partial charge is 4.00 e. The van der Waals surface area contributed by atoms with E-state index in [9.17, 15) is 20.4 Å². The summed E-state index contributed by atoms with van der Waals surface area (Å²) in [5, 5.41) is 42.6. The Balaban J connectivity index is 0.000000124. The summed E-state index contributed by atoms with van der Waals surface area (Å²) < 4.78 is 0. The Hall–Kier alpha value is -3.03. The number of nitrogens with zero attached hydrogens (tertiary/aromatic N) is 2. The molecule has 2 heterocycles. The molecule has 0 atom stereocenters. The van der Waals surface area contributed by atoms with Gasteiger partial charge >= 0.3 is 21.7 Å². The Labute approximate surface area is 318 Å². The van der Waals surface area contributed by atoms with Gasteiger partial charge in [-0.3, -0.25) is 9.97 Å². The molecule has 0 N–H and O–H groups in total. The van der Waals surface area contributed by atoms with Crippen LogP contribution in [0.2, 0.25) is 0 Å². The standard InChI is InChI=1S/2C16H20O.2C6H6NO.Ti/c2*17-15-3-1-14(2-4-15)16-8-11-5-12(9-16)7-13(6-11)10-16;2*8-5-6-3-1-2-4-7-6;/h2*1-4,11-13,17H,5-10H2;2*1-4H,5H2;/q;;2*-1;+4/p-2. The maximum Gasteiger partial charge on any atom is 4.00 e. The summed E-state index contributed by atoms with van der Waals surface area (Å²) in [4.78, 5) is 7.57. The van der Waals surface area contributed by atoms with Gasteiger partial charge in [0.15, 0.2) is 0 Å². The van der Waals surface area contributed by atoms with Gasteiger partial charge in [-0.25, -0.2) is 0 Å². The van der Waals surface area contributed by atoms with Crippen LogP contribution in [0.15, 0.2) is 97.3 Å². The van der Waals surface area contributed by atoms with E-state index in [0.717, 1.165) is 35.5 Å². The van der Waals surface area contributed by atoms with Crippen LogP contribution in [0.1, 0.15) is 99.6 Å². The Bertz CT molecular complexity index is 1450. The van der Waals surface area contributed by atoms with Crippen molar-refractivity contribution in [2.45, 2.75) is 101 Å². The molecule has 0 spiro atoms. The van der Waals surface area contributed by atoms with Crippen molar-refractivity contribution < 1.29 is 42.1 Å². The molecule has 8 saturated carbocycles. The molecule has 4 aromatic rings. The first-order valence-electron chi connectivity index (χ1n) is 18.8. The monoisotopic (exact) mass is 718 g/mol. The van der Waals surface area contributed by atoms with Crippen LogP contribution in [-0.2, 0) is 45.8 Å². The topological polar surface area (TPSA) is 118 Å². The Morgan fingerprint density at radius 3 is 0.961 bits per heavy atom. The van der Waals surface area contributed by atoms with Gasteiger partial charge < -0.3 is 20.4 Å². The van der Waals surface area contributed by atoms with E-state index in [1.165, 1.54) is 88.2 Å². The van der Waals surface area contributed by atoms with Gasteiger partial charge in [0, 0.05) is 23.8 Å². The minimum Gasteiger partial charge on any atom is -0.872 e. The van der Waals surface area contributed by atoms with E-state index >= 15 is 0 Å². The molecule has 7 heteroatoms. The van der Waals surface area contributed by atoms with Crippen molar-refractivity contribution in [1.82, 2.24) is 9.97 Å². The number of benzene rings is 2. The molecular weight excluding hydrogens is 668 g/mol. The maximum absolute atomic E-state index is 11.2. The Morgan fingerprint density at radius 1 is 0.451 bits per heavy atom. The molecule has 0 aliphatic heterocycles. The molecule has 0 radical (unpaired) electrons. The zero-order chi connectivity index (χ0) is 34.6. The second-order valence-electron chi connectivity index (χ2n) is 16.4. The molecular formula is C44H50N2O4Ti. The normalized spacial score (nSPS) is 31.5. The number of rotatable bonds is 4. The minimum absolute atomic E-state index is 0. The third kappa shape index (κ3) is 8.96. The number of hydrogen-bond acceptors (Lipinski definition) is 6. The van der Waals surface area contributed by atoms with Gasteiger partial charge in [0.25, 0.3) is 0 Å². The van der Waals surface area contributed by atoms with Gasteiger partial charge in [-0.1, -0.05) is 73.9 Å². The second-order valence-corrected chi connectivity index (χ2v) is 16.4. The molecule has 6 nitrogen and oxygen atoms in total. The van der Waals surface area contributed by atoms with Gasteiger partial charge in [0.05, 0.1) is 0 Å². The molecule has 8 aliphatic rings. The van der Waals surface area contributed by atoms with Crippen molar-refractivity contribution in [3.05, 3.63) is 120 Å². The van der Waals surface area contributed by atoms with Crippen molar-refractivity contribution >= 4 is 0 Å². The van der Waals surface area contributed by atoms with Crippen LogP contribution in [0.4, 0.5) is 0 Å². The summed E-state index contributed by atoms with van der Waals surface area (Å²) in [7, 11) is 0. The van der Waals surface area contributed by atoms with E-state index in [0.29, 0.717) is 22.2 Å². The zero-order valence-electron chi connectivity index (χ0n) is 29.6. The van der Waals surface area contributed by atoms with Crippen LogP contribution in [0.3, 0.4) is 0 Å². The van der Waals surface area contributed by atoms with Crippen molar-refractivity contribution in [1.29, 1.82) is 0 Å². The molecule has 51 heavy (non-hydrogen) atoms. The molecule has 0 amide bonds. The van der Waals surface area contributed by atoms with E-state index in [4.69, 9.17) is 0 Å². The number of hydrogen-bond donors (Lipinski definition) is 0. The molecule has 8 bridgehead atoms. The van der Waals surface area contributed by atoms with Gasteiger partial charge in [0.1, 0.15) is 0 Å². The van der Waals surface area contributed by atoms with E-state index in [-0.39, 0.29) is 46.4 Å². The fourth-order valence-corrected chi connectivity index (χ4v) is 11.5. The molecule has 12 rings (SSSR count). The van der Waals surface area contributed by atoms with E-state index in [1.807, 2.05) is 0 Å². The summed E-state index contributed by atoms with van der Waals surface area (Å²) in [5.41, 5.74) is 5.01. The number of aromatic nitrogens is 2. The molecule has 8 aliphatic carbocycles. The molecule has 8 fully saturated rings. The molecule has 0 unspecified atom stereocenters. The quantitative estimate of drug-likeness (QED) is 0.228. The van der Waals surface area contributed by atoms with Crippen LogP contribution in [0.25, 0.3) is 0 Å². The van der Waals surface area contributed by atoms with Crippen LogP contribution in [-0.4, -0.2) is 9.97 Å². The van der Waals surface area contributed by atoms with Gasteiger partial charge in [-0.2, -0.15) is 0 Å². The first-order chi connectivity index (χ1) is 24.3. The van der Waals surface area contributed by atoms with E-state index in [1.54, 1.807) is 73.1 Å². The third-order valence-corrected chi connectivity index (χ3v) is 12.8.